The molecular weight excluding hydrogens is 1070 g/mol. The second-order valence-corrected chi connectivity index (χ2v) is 21.5. The van der Waals surface area contributed by atoms with Crippen molar-refractivity contribution in [2.45, 2.75) is 120 Å². The van der Waals surface area contributed by atoms with Gasteiger partial charge in [0.25, 0.3) is 0 Å². The lowest BCUT2D eigenvalue weighted by Crippen LogP contribution is -2.62. The molecule has 1 unspecified atom stereocenters. The highest BCUT2D eigenvalue weighted by molar-refractivity contribution is 7.48. The van der Waals surface area contributed by atoms with E-state index in [-0.39, 0.29) is 91.4 Å². The molecule has 0 aliphatic carbocycles. The first-order valence-electron chi connectivity index (χ1n) is 27.8. The van der Waals surface area contributed by atoms with Crippen LogP contribution in [0.2, 0.25) is 0 Å². The van der Waals surface area contributed by atoms with E-state index >= 15 is 4.57 Å². The van der Waals surface area contributed by atoms with Crippen molar-refractivity contribution in [2.24, 2.45) is 0 Å². The third-order valence-electron chi connectivity index (χ3n) is 13.8. The summed E-state index contributed by atoms with van der Waals surface area (Å²) in [6.07, 6.45) is -10.1. The summed E-state index contributed by atoms with van der Waals surface area (Å²) in [6.45, 7) is 0.152. The Labute approximate surface area is 481 Å². The molecular formula is C64H75N2O15P. The number of carbonyl (C=O) groups is 1. The highest BCUT2D eigenvalue weighted by Gasteiger charge is 2.53. The normalized spacial score (nSPS) is 23.3. The largest absolute Gasteiger partial charge is 0.475 e. The van der Waals surface area contributed by atoms with Crippen LogP contribution in [0.3, 0.4) is 0 Å². The number of aliphatic hydroxyl groups is 1. The van der Waals surface area contributed by atoms with Crippen LogP contribution in [-0.4, -0.2) is 119 Å². The zero-order valence-corrected chi connectivity index (χ0v) is 47.2. The maximum atomic E-state index is 15.9. The molecule has 436 valence electrons. The topological polar surface area (TPSA) is 201 Å². The molecule has 0 saturated carbocycles. The number of rotatable bonds is 34. The maximum absolute atomic E-state index is 15.9. The Kier molecular flexibility index (Phi) is 25.7. The second-order valence-electron chi connectivity index (χ2n) is 19.9. The molecule has 2 saturated heterocycles. The number of nitrogens with zero attached hydrogens (tertiary/aromatic N) is 1. The summed E-state index contributed by atoms with van der Waals surface area (Å²) < 4.78 is 94.8. The van der Waals surface area contributed by atoms with Gasteiger partial charge in [-0.05, 0) is 39.8 Å². The number of hydrogen-bond donors (Lipinski definition) is 2. The first-order chi connectivity index (χ1) is 40.3. The van der Waals surface area contributed by atoms with Crippen molar-refractivity contribution >= 4 is 13.7 Å². The van der Waals surface area contributed by atoms with Crippen molar-refractivity contribution in [3.05, 3.63) is 215 Å². The minimum absolute atomic E-state index is 0.00786. The third-order valence-corrected chi connectivity index (χ3v) is 15.2. The van der Waals surface area contributed by atoms with Gasteiger partial charge in [-0.1, -0.05) is 182 Å². The van der Waals surface area contributed by atoms with Crippen LogP contribution in [0, 0.1) is 11.3 Å². The van der Waals surface area contributed by atoms with Crippen LogP contribution in [0.25, 0.3) is 0 Å². The summed E-state index contributed by atoms with van der Waals surface area (Å²) in [4.78, 5) is 12.2. The lowest BCUT2D eigenvalue weighted by atomic mass is 9.94. The lowest BCUT2D eigenvalue weighted by molar-refractivity contribution is -0.269. The van der Waals surface area contributed by atoms with Crippen LogP contribution in [0.15, 0.2) is 182 Å². The molecule has 17 nitrogen and oxygen atoms in total. The molecule has 11 atom stereocenters. The van der Waals surface area contributed by atoms with Crippen molar-refractivity contribution in [1.82, 2.24) is 5.32 Å². The number of carbonyl (C=O) groups excluding carboxylic acids is 1. The monoisotopic (exact) mass is 1140 g/mol. The van der Waals surface area contributed by atoms with Gasteiger partial charge in [0.15, 0.2) is 0 Å². The molecule has 2 N–H and O–H groups in total. The molecule has 6 aromatic carbocycles. The fraction of sp³-hybridized carbons (Fsp3) is 0.406. The maximum Gasteiger partial charge on any atom is 0.475 e. The van der Waals surface area contributed by atoms with Crippen LogP contribution in [0.5, 0.6) is 0 Å². The highest BCUT2D eigenvalue weighted by Crippen LogP contribution is 2.53. The molecule has 8 rings (SSSR count). The Morgan fingerprint density at radius 3 is 1.23 bits per heavy atom. The Morgan fingerprint density at radius 1 is 0.488 bits per heavy atom. The molecule has 2 aliphatic heterocycles. The van der Waals surface area contributed by atoms with Crippen LogP contribution in [-0.2, 0) is 105 Å². The standard InChI is InChI=1S/C64H75N2O15P/c1-66-58(67)34-20-36-70-44-55-62(75-42-52-30-16-6-17-31-52)64(63(76-43-53-32-18-7-19-33-53)56(80-55)46-72-39-49-24-10-3-11-25-49)81-82(69,77-37-21-35-65)78-47-57-61(74-41-51-28-14-5-15-29-51)59(68)60(73-40-50-26-12-4-13-27-50)54(79-57)45-71-38-48-22-8-2-9-23-48/h2-19,22-33,54-57,59-64,68H,20-21,34,36-47H2,1H3,(H,66,67)/t54-,55+,56-,57+,59+,60-,61+,62+,63-,64-,82?/m1/s1. The fourth-order valence-electron chi connectivity index (χ4n) is 9.54. The summed E-state index contributed by atoms with van der Waals surface area (Å²) in [5.74, 6) is -0.124. The van der Waals surface area contributed by atoms with E-state index in [9.17, 15) is 15.2 Å². The van der Waals surface area contributed by atoms with E-state index in [1.807, 2.05) is 182 Å². The molecule has 2 heterocycles. The molecule has 0 bridgehead atoms. The first-order valence-corrected chi connectivity index (χ1v) is 29.3. The molecule has 82 heavy (non-hydrogen) atoms. The van der Waals surface area contributed by atoms with E-state index in [1.165, 1.54) is 0 Å². The number of benzene rings is 6. The Morgan fingerprint density at radius 2 is 0.841 bits per heavy atom. The summed E-state index contributed by atoms with van der Waals surface area (Å²) >= 11 is 0. The Hall–Kier alpha value is -6.01. The van der Waals surface area contributed by atoms with Crippen LogP contribution < -0.4 is 5.32 Å². The van der Waals surface area contributed by atoms with E-state index in [0.717, 1.165) is 33.4 Å². The van der Waals surface area contributed by atoms with Gasteiger partial charge < -0.3 is 53.1 Å². The minimum atomic E-state index is -4.87. The summed E-state index contributed by atoms with van der Waals surface area (Å²) in [5.41, 5.74) is 5.23. The van der Waals surface area contributed by atoms with Gasteiger partial charge >= 0.3 is 7.82 Å². The number of nitrogens with one attached hydrogen (secondary N) is 1. The van der Waals surface area contributed by atoms with Gasteiger partial charge in [-0.2, -0.15) is 5.26 Å². The minimum Gasteiger partial charge on any atom is -0.387 e. The van der Waals surface area contributed by atoms with Crippen molar-refractivity contribution in [3.8, 4) is 6.07 Å². The van der Waals surface area contributed by atoms with E-state index in [0.29, 0.717) is 6.42 Å². The number of phosphoric ester groups is 1. The fourth-order valence-corrected chi connectivity index (χ4v) is 10.9. The average molecular weight is 1140 g/mol. The van der Waals surface area contributed by atoms with Gasteiger partial charge in [0.1, 0.15) is 61.0 Å². The van der Waals surface area contributed by atoms with Crippen LogP contribution in [0.4, 0.5) is 0 Å². The number of hydrogen-bond acceptors (Lipinski definition) is 16. The zero-order valence-electron chi connectivity index (χ0n) is 46.3. The van der Waals surface area contributed by atoms with E-state index < -0.39 is 75.5 Å². The van der Waals surface area contributed by atoms with Gasteiger partial charge in [0.05, 0.1) is 85.2 Å². The van der Waals surface area contributed by atoms with Crippen molar-refractivity contribution in [2.75, 3.05) is 46.7 Å². The predicted octanol–water partition coefficient (Wildman–Crippen LogP) is 9.64. The molecule has 1 amide bonds. The average Bonchev–Trinajstić information content (AvgIpc) is 3.70. The zero-order chi connectivity index (χ0) is 57.0. The molecule has 18 heteroatoms. The van der Waals surface area contributed by atoms with Gasteiger partial charge in [0.2, 0.25) is 5.91 Å². The highest BCUT2D eigenvalue weighted by atomic mass is 31.2. The molecule has 2 aliphatic rings. The van der Waals surface area contributed by atoms with Crippen molar-refractivity contribution in [3.63, 3.8) is 0 Å². The number of aliphatic hydroxyl groups excluding tert-OH is 1. The smallest absolute Gasteiger partial charge is 0.387 e. The van der Waals surface area contributed by atoms with E-state index in [4.69, 9.17) is 56.2 Å². The predicted molar refractivity (Wildman–Crippen MR) is 304 cm³/mol. The van der Waals surface area contributed by atoms with Gasteiger partial charge in [-0.3, -0.25) is 18.4 Å². The summed E-state index contributed by atoms with van der Waals surface area (Å²) in [5, 5.41) is 25.0. The SMILES string of the molecule is CNC(=O)CCCOC[C@@H]1O[C@H](COCc2ccccc2)[C@@H](OCc2ccccc2)[C@H](OP(=O)(OCCC#N)OC[C@@H]2O[C@H](COCc3ccccc3)[C@@H](OCc3ccccc3)[C@H](O)[C@H]2OCc2ccccc2)[C@H]1OCc1ccccc1. The lowest BCUT2D eigenvalue weighted by Gasteiger charge is -2.47. The number of ether oxygens (including phenoxy) is 9. The molecule has 6 aromatic rings. The molecule has 0 spiro atoms. The van der Waals surface area contributed by atoms with Crippen molar-refractivity contribution in [1.29, 1.82) is 5.26 Å². The summed E-state index contributed by atoms with van der Waals surface area (Å²) in [6, 6.07) is 59.6. The van der Waals surface area contributed by atoms with Crippen LogP contribution >= 0.6 is 7.82 Å². The number of phosphoric acid groups is 1. The Bertz CT molecular complexity index is 2810. The first kappa shape index (κ1) is 62.0. The quantitative estimate of drug-likeness (QED) is 0.0285. The second kappa shape index (κ2) is 33.9. The number of nitriles is 1. The van der Waals surface area contributed by atoms with Gasteiger partial charge in [0, 0.05) is 20.1 Å². The van der Waals surface area contributed by atoms with Gasteiger partial charge in [-0.25, -0.2) is 4.57 Å². The van der Waals surface area contributed by atoms with E-state index in [2.05, 4.69) is 11.4 Å². The molecule has 0 aromatic heterocycles. The summed E-state index contributed by atoms with van der Waals surface area (Å²) in [7, 11) is -3.29. The number of amides is 1. The van der Waals surface area contributed by atoms with Crippen LogP contribution in [0.1, 0.15) is 52.6 Å². The Balaban J connectivity index is 1.13. The van der Waals surface area contributed by atoms with Gasteiger partial charge in [-0.15, -0.1) is 0 Å². The molecule has 0 radical (unpaired) electrons. The van der Waals surface area contributed by atoms with E-state index in [1.54, 1.807) is 7.05 Å². The molecule has 2 fully saturated rings. The van der Waals surface area contributed by atoms with Crippen molar-refractivity contribution < 1.29 is 70.7 Å². The third kappa shape index (κ3) is 19.8.